The molecule has 0 aliphatic carbocycles. The predicted octanol–water partition coefficient (Wildman–Crippen LogP) is 3.55. The van der Waals surface area contributed by atoms with Gasteiger partial charge in [-0.1, -0.05) is 24.3 Å². The van der Waals surface area contributed by atoms with E-state index in [0.29, 0.717) is 42.0 Å². The van der Waals surface area contributed by atoms with Crippen LogP contribution in [0.4, 0.5) is 0 Å². The third kappa shape index (κ3) is 2.75. The molecule has 0 atom stereocenters. The quantitative estimate of drug-likeness (QED) is 0.514. The summed E-state index contributed by atoms with van der Waals surface area (Å²) in [6.45, 7) is 3.43. The molecule has 0 fully saturated rings. The van der Waals surface area contributed by atoms with Crippen LogP contribution >= 0.6 is 0 Å². The van der Waals surface area contributed by atoms with Crippen LogP contribution in [0.1, 0.15) is 27.6 Å². The van der Waals surface area contributed by atoms with Gasteiger partial charge in [0.05, 0.1) is 12.2 Å². The van der Waals surface area contributed by atoms with Crippen LogP contribution in [-0.4, -0.2) is 55.4 Å². The largest absolute Gasteiger partial charge is 0.493 e. The molecular formula is C22H22N2O3. The monoisotopic (exact) mass is 362 g/mol. The molecule has 1 heterocycles. The number of ether oxygens (including phenoxy) is 1. The minimum absolute atomic E-state index is 0.232. The Kier molecular flexibility index (Phi) is 4.32. The highest BCUT2D eigenvalue weighted by Gasteiger charge is 2.34. The number of nitrogens with zero attached hydrogens (tertiary/aromatic N) is 2. The van der Waals surface area contributed by atoms with Crippen LogP contribution in [0.5, 0.6) is 5.75 Å². The van der Waals surface area contributed by atoms with Crippen molar-refractivity contribution in [2.45, 2.75) is 6.92 Å². The lowest BCUT2D eigenvalue weighted by atomic mass is 9.89. The highest BCUT2D eigenvalue weighted by Crippen LogP contribution is 2.39. The summed E-state index contributed by atoms with van der Waals surface area (Å²) in [7, 11) is 3.86. The van der Waals surface area contributed by atoms with Crippen LogP contribution in [0.15, 0.2) is 42.5 Å². The van der Waals surface area contributed by atoms with E-state index >= 15 is 0 Å². The first-order valence-electron chi connectivity index (χ1n) is 9.15. The van der Waals surface area contributed by atoms with Crippen LogP contribution in [0.2, 0.25) is 0 Å². The molecule has 0 radical (unpaired) electrons. The molecule has 0 saturated heterocycles. The zero-order chi connectivity index (χ0) is 19.1. The van der Waals surface area contributed by atoms with Crippen LogP contribution in [-0.2, 0) is 0 Å². The summed E-state index contributed by atoms with van der Waals surface area (Å²) >= 11 is 0. The number of amides is 2. The summed E-state index contributed by atoms with van der Waals surface area (Å²) in [4.78, 5) is 29.8. The van der Waals surface area contributed by atoms with Crippen molar-refractivity contribution in [1.82, 2.24) is 9.80 Å². The summed E-state index contributed by atoms with van der Waals surface area (Å²) in [6.07, 6.45) is 0. The maximum atomic E-state index is 13.4. The minimum Gasteiger partial charge on any atom is -0.493 e. The SMILES string of the molecule is CCOc1ccc2c3c(c4ccccc4cc13)C(=O)N(CCN(C)C)C2=O. The van der Waals surface area contributed by atoms with Gasteiger partial charge in [0.25, 0.3) is 11.8 Å². The number of carbonyl (C=O) groups is 2. The Balaban J connectivity index is 2.03. The Morgan fingerprint density at radius 3 is 2.52 bits per heavy atom. The first kappa shape index (κ1) is 17.5. The van der Waals surface area contributed by atoms with Gasteiger partial charge >= 0.3 is 0 Å². The van der Waals surface area contributed by atoms with E-state index in [1.807, 2.05) is 62.3 Å². The highest BCUT2D eigenvalue weighted by molar-refractivity contribution is 6.31. The molecule has 138 valence electrons. The number of carbonyl (C=O) groups excluding carboxylic acids is 2. The smallest absolute Gasteiger partial charge is 0.262 e. The van der Waals surface area contributed by atoms with Crippen molar-refractivity contribution in [3.8, 4) is 5.75 Å². The average molecular weight is 362 g/mol. The minimum atomic E-state index is -0.238. The maximum absolute atomic E-state index is 13.4. The summed E-state index contributed by atoms with van der Waals surface area (Å²) < 4.78 is 5.78. The molecule has 5 heteroatoms. The summed E-state index contributed by atoms with van der Waals surface area (Å²) in [5.41, 5.74) is 1.16. The standard InChI is InChI=1S/C22H22N2O3/c1-4-27-18-10-9-16-19-17(18)13-14-7-5-6-8-15(14)20(19)22(26)24(21(16)25)12-11-23(2)3/h5-10,13H,4,11-12H2,1-3H3. The molecule has 0 saturated carbocycles. The van der Waals surface area contributed by atoms with E-state index in [9.17, 15) is 9.59 Å². The molecule has 0 unspecified atom stereocenters. The second kappa shape index (κ2) is 6.67. The van der Waals surface area contributed by atoms with Crippen LogP contribution < -0.4 is 4.74 Å². The Morgan fingerprint density at radius 2 is 1.78 bits per heavy atom. The normalized spacial score (nSPS) is 13.9. The summed E-state index contributed by atoms with van der Waals surface area (Å²) in [6, 6.07) is 13.4. The van der Waals surface area contributed by atoms with Gasteiger partial charge in [0, 0.05) is 29.4 Å². The van der Waals surface area contributed by atoms with E-state index in [1.165, 1.54) is 4.90 Å². The molecule has 4 rings (SSSR count). The van der Waals surface area contributed by atoms with E-state index in [2.05, 4.69) is 0 Å². The topological polar surface area (TPSA) is 49.9 Å². The zero-order valence-corrected chi connectivity index (χ0v) is 15.8. The first-order chi connectivity index (χ1) is 13.0. The summed E-state index contributed by atoms with van der Waals surface area (Å²) in [5.74, 6) is 0.230. The van der Waals surface area contributed by atoms with Gasteiger partial charge < -0.3 is 9.64 Å². The maximum Gasteiger partial charge on any atom is 0.262 e. The second-order valence-electron chi connectivity index (χ2n) is 7.00. The van der Waals surface area contributed by atoms with Crippen molar-refractivity contribution >= 4 is 33.4 Å². The molecule has 3 aromatic carbocycles. The van der Waals surface area contributed by atoms with Gasteiger partial charge in [0.1, 0.15) is 5.75 Å². The molecule has 0 spiro atoms. The van der Waals surface area contributed by atoms with Gasteiger partial charge in [-0.25, -0.2) is 0 Å². The lowest BCUT2D eigenvalue weighted by molar-refractivity contribution is 0.0602. The summed E-state index contributed by atoms with van der Waals surface area (Å²) in [5, 5.41) is 3.35. The van der Waals surface area contributed by atoms with E-state index < -0.39 is 0 Å². The molecule has 5 nitrogen and oxygen atoms in total. The van der Waals surface area contributed by atoms with Gasteiger partial charge in [0.15, 0.2) is 0 Å². The van der Waals surface area contributed by atoms with Crippen molar-refractivity contribution in [2.24, 2.45) is 0 Å². The Hall–Kier alpha value is -2.92. The Bertz CT molecular complexity index is 1070. The Morgan fingerprint density at radius 1 is 1.00 bits per heavy atom. The molecule has 2 amide bonds. The molecule has 1 aliphatic heterocycles. The van der Waals surface area contributed by atoms with Crippen molar-refractivity contribution < 1.29 is 14.3 Å². The number of hydrogen-bond acceptors (Lipinski definition) is 4. The average Bonchev–Trinajstić information content (AvgIpc) is 2.65. The highest BCUT2D eigenvalue weighted by atomic mass is 16.5. The molecular weight excluding hydrogens is 340 g/mol. The van der Waals surface area contributed by atoms with Gasteiger partial charge in [-0.05, 0) is 50.0 Å². The van der Waals surface area contributed by atoms with Crippen LogP contribution in [0.25, 0.3) is 21.5 Å². The molecule has 0 bridgehead atoms. The number of rotatable bonds is 5. The van der Waals surface area contributed by atoms with E-state index in [0.717, 1.165) is 16.2 Å². The van der Waals surface area contributed by atoms with Gasteiger partial charge in [-0.3, -0.25) is 14.5 Å². The van der Waals surface area contributed by atoms with Crippen molar-refractivity contribution in [1.29, 1.82) is 0 Å². The fraction of sp³-hybridized carbons (Fsp3) is 0.273. The second-order valence-corrected chi connectivity index (χ2v) is 7.00. The van der Waals surface area contributed by atoms with E-state index in [4.69, 9.17) is 4.74 Å². The number of fused-ring (bicyclic) bond motifs is 2. The van der Waals surface area contributed by atoms with Crippen LogP contribution in [0, 0.1) is 0 Å². The lowest BCUT2D eigenvalue weighted by Crippen LogP contribution is -2.43. The van der Waals surface area contributed by atoms with E-state index in [-0.39, 0.29) is 11.8 Å². The lowest BCUT2D eigenvalue weighted by Gasteiger charge is -2.29. The number of hydrogen-bond donors (Lipinski definition) is 0. The fourth-order valence-corrected chi connectivity index (χ4v) is 3.71. The molecule has 1 aliphatic rings. The molecule has 27 heavy (non-hydrogen) atoms. The number of likely N-dealkylation sites (N-methyl/N-ethyl adjacent to an activating group) is 1. The molecule has 3 aromatic rings. The number of imide groups is 1. The van der Waals surface area contributed by atoms with Crippen molar-refractivity contribution in [3.05, 3.63) is 53.6 Å². The van der Waals surface area contributed by atoms with Crippen LogP contribution in [0.3, 0.4) is 0 Å². The number of benzene rings is 3. The third-order valence-corrected chi connectivity index (χ3v) is 4.99. The van der Waals surface area contributed by atoms with E-state index in [1.54, 1.807) is 6.07 Å². The zero-order valence-electron chi connectivity index (χ0n) is 15.8. The van der Waals surface area contributed by atoms with Gasteiger partial charge in [-0.15, -0.1) is 0 Å². The third-order valence-electron chi connectivity index (χ3n) is 4.99. The first-order valence-corrected chi connectivity index (χ1v) is 9.15. The predicted molar refractivity (Wildman–Crippen MR) is 107 cm³/mol. The Labute approximate surface area is 158 Å². The van der Waals surface area contributed by atoms with Crippen molar-refractivity contribution in [2.75, 3.05) is 33.8 Å². The molecule has 0 N–H and O–H groups in total. The van der Waals surface area contributed by atoms with Gasteiger partial charge in [0.2, 0.25) is 0 Å². The molecule has 0 aromatic heterocycles. The van der Waals surface area contributed by atoms with Gasteiger partial charge in [-0.2, -0.15) is 0 Å². The fourth-order valence-electron chi connectivity index (χ4n) is 3.71. The van der Waals surface area contributed by atoms with Crippen molar-refractivity contribution in [3.63, 3.8) is 0 Å².